The summed E-state index contributed by atoms with van der Waals surface area (Å²) in [4.78, 5) is 8.54. The lowest BCUT2D eigenvalue weighted by Gasteiger charge is -2.35. The van der Waals surface area contributed by atoms with Crippen LogP contribution in [0.5, 0.6) is 23.0 Å². The molecule has 0 aliphatic carbocycles. The Morgan fingerprint density at radius 2 is 0.855 bits per heavy atom. The number of hydrogen-bond acceptors (Lipinski definition) is 8. The topological polar surface area (TPSA) is 46.6 Å². The van der Waals surface area contributed by atoms with Crippen LogP contribution in [0.3, 0.4) is 0 Å². The van der Waals surface area contributed by atoms with Gasteiger partial charge in [0.1, 0.15) is 28.8 Å². The largest absolute Gasteiger partial charge is 0.497 e. The van der Waals surface area contributed by atoms with Gasteiger partial charge in [-0.15, -0.1) is 11.8 Å². The van der Waals surface area contributed by atoms with Gasteiger partial charge < -0.3 is 33.6 Å². The Morgan fingerprint density at radius 1 is 0.468 bits per heavy atom. The quantitative estimate of drug-likeness (QED) is 0.0664. The van der Waals surface area contributed by atoms with Crippen molar-refractivity contribution in [3.05, 3.63) is 167 Å². The van der Waals surface area contributed by atoms with Crippen molar-refractivity contribution in [1.82, 2.24) is 0 Å². The summed E-state index contributed by atoms with van der Waals surface area (Å²) in [5.41, 5.74) is 9.07. The molecule has 0 bridgehead atoms. The molecule has 0 heterocycles. The average molecular weight is 856 g/mol. The standard InChI is InChI=1S/C53H62FN3O4S/c1-37(2)55(34-40-10-16-45(54)17-11-40)47-20-28-52(60-7)43(32-47)31-39(4)57(36-42-14-26-51(62-9)27-15-42)48-21-29-53(61-8)44(33-48)30-38(3)56(46-18-24-50(59-6)25-19-46)35-41-12-22-49(58-5)23-13-41/h10-29,32-33,37-39H,30-31,34-36H2,1-9H3. The molecule has 0 fully saturated rings. The monoisotopic (exact) mass is 855 g/mol. The number of halogens is 1. The third-order valence-corrected chi connectivity index (χ3v) is 12.3. The number of thioether (sulfide) groups is 1. The van der Waals surface area contributed by atoms with Gasteiger partial charge in [0.2, 0.25) is 0 Å². The Hall–Kier alpha value is -5.80. The number of nitrogens with zero attached hydrogens (tertiary/aromatic N) is 3. The molecule has 0 aromatic heterocycles. The zero-order valence-electron chi connectivity index (χ0n) is 37.7. The summed E-state index contributed by atoms with van der Waals surface area (Å²) in [6, 6.07) is 45.8. The number of benzene rings is 6. The van der Waals surface area contributed by atoms with Crippen LogP contribution >= 0.6 is 11.8 Å². The predicted octanol–water partition coefficient (Wildman–Crippen LogP) is 12.3. The molecule has 6 aromatic rings. The number of methoxy groups -OCH3 is 4. The second kappa shape index (κ2) is 21.8. The molecule has 0 aliphatic heterocycles. The van der Waals surface area contributed by atoms with Gasteiger partial charge in [0.05, 0.1) is 28.4 Å². The van der Waals surface area contributed by atoms with Crippen molar-refractivity contribution < 1.29 is 23.3 Å². The summed E-state index contributed by atoms with van der Waals surface area (Å²) < 4.78 is 36.8. The van der Waals surface area contributed by atoms with E-state index in [2.05, 4.69) is 134 Å². The van der Waals surface area contributed by atoms with Gasteiger partial charge >= 0.3 is 0 Å². The Bertz CT molecular complexity index is 2300. The maximum absolute atomic E-state index is 13.8. The Labute approximate surface area is 373 Å². The fourth-order valence-corrected chi connectivity index (χ4v) is 8.46. The predicted molar refractivity (Wildman–Crippen MR) is 257 cm³/mol. The molecular formula is C53H62FN3O4S. The molecule has 6 rings (SSSR count). The van der Waals surface area contributed by atoms with Crippen molar-refractivity contribution in [2.24, 2.45) is 0 Å². The fraction of sp³-hybridized carbons (Fsp3) is 0.321. The maximum Gasteiger partial charge on any atom is 0.123 e. The molecule has 2 atom stereocenters. The van der Waals surface area contributed by atoms with E-state index in [1.54, 1.807) is 40.2 Å². The smallest absolute Gasteiger partial charge is 0.123 e. The maximum atomic E-state index is 13.8. The minimum Gasteiger partial charge on any atom is -0.497 e. The van der Waals surface area contributed by atoms with Crippen LogP contribution in [0, 0.1) is 5.82 Å². The van der Waals surface area contributed by atoms with E-state index in [4.69, 9.17) is 18.9 Å². The van der Waals surface area contributed by atoms with Gasteiger partial charge in [-0.1, -0.05) is 36.4 Å². The summed E-state index contributed by atoms with van der Waals surface area (Å²) >= 11 is 1.75. The van der Waals surface area contributed by atoms with E-state index in [-0.39, 0.29) is 23.9 Å². The van der Waals surface area contributed by atoms with Gasteiger partial charge in [-0.3, -0.25) is 0 Å². The molecule has 7 nitrogen and oxygen atoms in total. The Kier molecular flexibility index (Phi) is 16.1. The van der Waals surface area contributed by atoms with Crippen LogP contribution in [0.15, 0.2) is 138 Å². The van der Waals surface area contributed by atoms with E-state index in [1.165, 1.54) is 28.2 Å². The summed E-state index contributed by atoms with van der Waals surface area (Å²) in [5, 5.41) is 0. The number of rotatable bonds is 21. The highest BCUT2D eigenvalue weighted by atomic mass is 32.2. The van der Waals surface area contributed by atoms with Crippen molar-refractivity contribution in [2.45, 2.75) is 83.2 Å². The molecule has 0 radical (unpaired) electrons. The summed E-state index contributed by atoms with van der Waals surface area (Å²) in [6.45, 7) is 11.1. The van der Waals surface area contributed by atoms with Crippen molar-refractivity contribution in [1.29, 1.82) is 0 Å². The first-order valence-corrected chi connectivity index (χ1v) is 22.5. The summed E-state index contributed by atoms with van der Waals surface area (Å²) in [7, 11) is 6.89. The third-order valence-electron chi connectivity index (χ3n) is 11.6. The van der Waals surface area contributed by atoms with E-state index >= 15 is 0 Å². The SMILES string of the molecule is COc1ccc(CN(c2ccc(OC)cc2)C(C)Cc2cc(N(Cc3ccc(SC)cc3)C(C)Cc3cc(N(Cc4ccc(F)cc4)C(C)C)ccc3OC)ccc2OC)cc1. The minimum absolute atomic E-state index is 0.0773. The van der Waals surface area contributed by atoms with Crippen LogP contribution in [0.25, 0.3) is 0 Å². The molecule has 0 N–H and O–H groups in total. The van der Waals surface area contributed by atoms with E-state index in [9.17, 15) is 4.39 Å². The molecule has 0 saturated heterocycles. The van der Waals surface area contributed by atoms with Crippen LogP contribution in [-0.4, -0.2) is 52.8 Å². The molecule has 0 saturated carbocycles. The first-order chi connectivity index (χ1) is 30.0. The summed E-state index contributed by atoms with van der Waals surface area (Å²) in [5.74, 6) is 3.15. The number of hydrogen-bond donors (Lipinski definition) is 0. The van der Waals surface area contributed by atoms with Gasteiger partial charge in [-0.2, -0.15) is 0 Å². The normalized spacial score (nSPS) is 12.1. The molecule has 6 aromatic carbocycles. The van der Waals surface area contributed by atoms with Crippen molar-refractivity contribution >= 4 is 28.8 Å². The van der Waals surface area contributed by atoms with E-state index in [1.807, 2.05) is 36.4 Å². The van der Waals surface area contributed by atoms with Crippen LogP contribution in [-0.2, 0) is 32.5 Å². The highest BCUT2D eigenvalue weighted by Crippen LogP contribution is 2.34. The van der Waals surface area contributed by atoms with Crippen LogP contribution < -0.4 is 33.6 Å². The first-order valence-electron chi connectivity index (χ1n) is 21.3. The Balaban J connectivity index is 1.34. The third kappa shape index (κ3) is 11.8. The first kappa shape index (κ1) is 45.7. The molecule has 0 amide bonds. The summed E-state index contributed by atoms with van der Waals surface area (Å²) in [6.07, 6.45) is 3.60. The van der Waals surface area contributed by atoms with Gasteiger partial charge in [0.25, 0.3) is 0 Å². The van der Waals surface area contributed by atoms with Gasteiger partial charge in [-0.05, 0) is 172 Å². The fourth-order valence-electron chi connectivity index (χ4n) is 8.05. The van der Waals surface area contributed by atoms with Crippen molar-refractivity contribution in [3.8, 4) is 23.0 Å². The number of anilines is 3. The van der Waals surface area contributed by atoms with Crippen LogP contribution in [0.4, 0.5) is 21.5 Å². The zero-order chi connectivity index (χ0) is 44.2. The average Bonchev–Trinajstić information content (AvgIpc) is 3.30. The minimum atomic E-state index is -0.228. The van der Waals surface area contributed by atoms with Gasteiger partial charge in [-0.25, -0.2) is 4.39 Å². The zero-order valence-corrected chi connectivity index (χ0v) is 38.5. The van der Waals surface area contributed by atoms with Crippen molar-refractivity contribution in [3.63, 3.8) is 0 Å². The molecule has 9 heteroatoms. The number of ether oxygens (including phenoxy) is 4. The lowest BCUT2D eigenvalue weighted by Crippen LogP contribution is -2.35. The van der Waals surface area contributed by atoms with E-state index in [0.29, 0.717) is 13.1 Å². The Morgan fingerprint density at radius 3 is 1.29 bits per heavy atom. The van der Waals surface area contributed by atoms with Crippen LogP contribution in [0.2, 0.25) is 0 Å². The second-order valence-corrected chi connectivity index (χ2v) is 17.0. The molecule has 2 unspecified atom stereocenters. The lowest BCUT2D eigenvalue weighted by atomic mass is 9.99. The second-order valence-electron chi connectivity index (χ2n) is 16.1. The van der Waals surface area contributed by atoms with E-state index in [0.717, 1.165) is 76.1 Å². The molecule has 0 spiro atoms. The van der Waals surface area contributed by atoms with Crippen LogP contribution in [0.1, 0.15) is 55.5 Å². The highest BCUT2D eigenvalue weighted by molar-refractivity contribution is 7.98. The highest BCUT2D eigenvalue weighted by Gasteiger charge is 2.23. The lowest BCUT2D eigenvalue weighted by molar-refractivity contribution is 0.407. The molecular weight excluding hydrogens is 794 g/mol. The van der Waals surface area contributed by atoms with Gasteiger partial charge in [0.15, 0.2) is 0 Å². The van der Waals surface area contributed by atoms with Crippen molar-refractivity contribution in [2.75, 3.05) is 49.4 Å². The molecule has 326 valence electrons. The molecule has 0 aliphatic rings. The van der Waals surface area contributed by atoms with Gasteiger partial charge in [0, 0.05) is 59.7 Å². The van der Waals surface area contributed by atoms with E-state index < -0.39 is 0 Å². The molecule has 62 heavy (non-hydrogen) atoms.